The fraction of sp³-hybridized carbons (Fsp3) is 0.273. The second-order valence-corrected chi connectivity index (χ2v) is 3.90. The van der Waals surface area contributed by atoms with Crippen molar-refractivity contribution < 1.29 is 14.3 Å². The average Bonchev–Trinajstić information content (AvgIpc) is 2.24. The van der Waals surface area contributed by atoms with Crippen LogP contribution in [0.25, 0.3) is 0 Å². The fourth-order valence-corrected chi connectivity index (χ4v) is 1.78. The van der Waals surface area contributed by atoms with Crippen LogP contribution in [0.4, 0.5) is 0 Å². The first-order valence-corrected chi connectivity index (χ1v) is 5.24. The van der Waals surface area contributed by atoms with Crippen molar-refractivity contribution in [2.45, 2.75) is 13.5 Å². The van der Waals surface area contributed by atoms with Gasteiger partial charge in [-0.1, -0.05) is 11.6 Å². The lowest BCUT2D eigenvalue weighted by molar-refractivity contribution is -0.137. The van der Waals surface area contributed by atoms with Gasteiger partial charge in [0.2, 0.25) is 0 Å². The number of nitrogens with one attached hydrogen (secondary N) is 1. The molecule has 6 heteroatoms. The highest BCUT2D eigenvalue weighted by Crippen LogP contribution is 2.27. The van der Waals surface area contributed by atoms with E-state index in [4.69, 9.17) is 22.1 Å². The summed E-state index contributed by atoms with van der Waals surface area (Å²) in [5.74, 6) is -1.24. The summed E-state index contributed by atoms with van der Waals surface area (Å²) in [5, 5.41) is 2.91. The number of hydrogen-bond donors (Lipinski definition) is 2. The van der Waals surface area contributed by atoms with Crippen LogP contribution in [0, 0.1) is 6.92 Å². The molecular formula is C11H13ClN2O3. The summed E-state index contributed by atoms with van der Waals surface area (Å²) in [7, 11) is 1.52. The summed E-state index contributed by atoms with van der Waals surface area (Å²) in [5.41, 5.74) is 6.36. The molecule has 0 heterocycles. The van der Waals surface area contributed by atoms with Crippen LogP contribution < -0.4 is 15.8 Å². The van der Waals surface area contributed by atoms with E-state index in [9.17, 15) is 9.59 Å². The summed E-state index contributed by atoms with van der Waals surface area (Å²) < 4.78 is 5.20. The third-order valence-corrected chi connectivity index (χ3v) is 2.40. The number of aryl methyl sites for hydroxylation is 1. The van der Waals surface area contributed by atoms with Gasteiger partial charge in [0.15, 0.2) is 0 Å². The van der Waals surface area contributed by atoms with Crippen molar-refractivity contribution in [2.75, 3.05) is 7.11 Å². The lowest BCUT2D eigenvalue weighted by Gasteiger charge is -2.12. The molecule has 92 valence electrons. The molecular weight excluding hydrogens is 244 g/mol. The quantitative estimate of drug-likeness (QED) is 0.784. The Balaban J connectivity index is 2.90. The number of methoxy groups -OCH3 is 1. The Labute approximate surface area is 104 Å². The molecule has 0 radical (unpaired) electrons. The van der Waals surface area contributed by atoms with Gasteiger partial charge in [0.05, 0.1) is 7.11 Å². The number of halogens is 1. The van der Waals surface area contributed by atoms with Gasteiger partial charge in [-0.05, 0) is 24.6 Å². The highest BCUT2D eigenvalue weighted by atomic mass is 35.5. The molecule has 0 aliphatic heterocycles. The van der Waals surface area contributed by atoms with E-state index in [1.807, 2.05) is 6.92 Å². The number of carbonyl (C=O) groups is 2. The first-order valence-electron chi connectivity index (χ1n) is 4.86. The first-order chi connectivity index (χ1) is 7.95. The smallest absolute Gasteiger partial charge is 0.309 e. The van der Waals surface area contributed by atoms with E-state index in [0.717, 1.165) is 5.56 Å². The van der Waals surface area contributed by atoms with Crippen molar-refractivity contribution in [2.24, 2.45) is 5.73 Å². The molecule has 0 aliphatic rings. The Morgan fingerprint density at radius 2 is 2.12 bits per heavy atom. The highest BCUT2D eigenvalue weighted by molar-refractivity contribution is 6.34. The van der Waals surface area contributed by atoms with Gasteiger partial charge in [-0.2, -0.15) is 0 Å². The minimum absolute atomic E-state index is 0.131. The van der Waals surface area contributed by atoms with E-state index in [1.54, 1.807) is 12.1 Å². The number of nitrogens with two attached hydrogens (primary N) is 1. The number of carbonyl (C=O) groups excluding carboxylic acids is 2. The standard InChI is InChI=1S/C11H13ClN2O3/c1-6-3-8(12)4-7(9(6)17-2)5-14-11(16)10(13)15/h3-4H,5H2,1-2H3,(H2,13,15)(H,14,16). The van der Waals surface area contributed by atoms with Crippen LogP contribution in [-0.4, -0.2) is 18.9 Å². The summed E-state index contributed by atoms with van der Waals surface area (Å²) in [6, 6.07) is 3.41. The van der Waals surface area contributed by atoms with Crippen LogP contribution in [0.3, 0.4) is 0 Å². The SMILES string of the molecule is COc1c(C)cc(Cl)cc1CNC(=O)C(N)=O. The van der Waals surface area contributed by atoms with Gasteiger partial charge < -0.3 is 15.8 Å². The van der Waals surface area contributed by atoms with E-state index >= 15 is 0 Å². The normalized spacial score (nSPS) is 9.82. The van der Waals surface area contributed by atoms with Crippen molar-refractivity contribution in [1.29, 1.82) is 0 Å². The summed E-state index contributed by atoms with van der Waals surface area (Å²) in [6.45, 7) is 1.97. The third kappa shape index (κ3) is 3.35. The Bertz CT molecular complexity index is 460. The number of primary amides is 1. The number of rotatable bonds is 3. The number of ether oxygens (including phenoxy) is 1. The molecule has 17 heavy (non-hydrogen) atoms. The summed E-state index contributed by atoms with van der Waals surface area (Å²) >= 11 is 5.90. The molecule has 0 spiro atoms. The van der Waals surface area contributed by atoms with Crippen molar-refractivity contribution >= 4 is 23.4 Å². The zero-order valence-electron chi connectivity index (χ0n) is 9.54. The van der Waals surface area contributed by atoms with Crippen LogP contribution in [0.5, 0.6) is 5.75 Å². The summed E-state index contributed by atoms with van der Waals surface area (Å²) in [6.07, 6.45) is 0. The van der Waals surface area contributed by atoms with E-state index in [1.165, 1.54) is 7.11 Å². The van der Waals surface area contributed by atoms with Gasteiger partial charge in [0.25, 0.3) is 0 Å². The summed E-state index contributed by atoms with van der Waals surface area (Å²) in [4.78, 5) is 21.6. The molecule has 0 saturated carbocycles. The zero-order valence-corrected chi connectivity index (χ0v) is 10.3. The van der Waals surface area contributed by atoms with E-state index in [2.05, 4.69) is 5.32 Å². The molecule has 3 N–H and O–H groups in total. The second-order valence-electron chi connectivity index (χ2n) is 3.46. The third-order valence-electron chi connectivity index (χ3n) is 2.18. The molecule has 1 aromatic rings. The Hall–Kier alpha value is -1.75. The van der Waals surface area contributed by atoms with Crippen molar-refractivity contribution in [3.05, 3.63) is 28.3 Å². The number of benzene rings is 1. The Kier molecular flexibility index (Phi) is 4.34. The van der Waals surface area contributed by atoms with E-state index < -0.39 is 11.8 Å². The minimum Gasteiger partial charge on any atom is -0.496 e. The molecule has 0 bridgehead atoms. The minimum atomic E-state index is -1.03. The highest BCUT2D eigenvalue weighted by Gasteiger charge is 2.12. The van der Waals surface area contributed by atoms with E-state index in [-0.39, 0.29) is 6.54 Å². The lowest BCUT2D eigenvalue weighted by atomic mass is 10.1. The van der Waals surface area contributed by atoms with Gasteiger partial charge in [0.1, 0.15) is 5.75 Å². The predicted octanol–water partition coefficient (Wildman–Crippen LogP) is 0.759. The van der Waals surface area contributed by atoms with Crippen LogP contribution in [0.2, 0.25) is 5.02 Å². The molecule has 0 aliphatic carbocycles. The van der Waals surface area contributed by atoms with Gasteiger partial charge in [-0.3, -0.25) is 9.59 Å². The van der Waals surface area contributed by atoms with Crippen molar-refractivity contribution in [3.63, 3.8) is 0 Å². The first kappa shape index (κ1) is 13.3. The molecule has 0 fully saturated rings. The van der Waals surface area contributed by atoms with E-state index in [0.29, 0.717) is 16.3 Å². The van der Waals surface area contributed by atoms with Gasteiger partial charge in [-0.25, -0.2) is 0 Å². The maximum Gasteiger partial charge on any atom is 0.309 e. The average molecular weight is 257 g/mol. The van der Waals surface area contributed by atoms with Gasteiger partial charge >= 0.3 is 11.8 Å². The Morgan fingerprint density at radius 3 is 2.65 bits per heavy atom. The van der Waals surface area contributed by atoms with Crippen LogP contribution >= 0.6 is 11.6 Å². The molecule has 1 rings (SSSR count). The lowest BCUT2D eigenvalue weighted by Crippen LogP contribution is -2.35. The molecule has 0 saturated heterocycles. The molecule has 0 unspecified atom stereocenters. The van der Waals surface area contributed by atoms with Crippen LogP contribution in [-0.2, 0) is 16.1 Å². The van der Waals surface area contributed by atoms with Gasteiger partial charge in [-0.15, -0.1) is 0 Å². The monoisotopic (exact) mass is 256 g/mol. The Morgan fingerprint density at radius 1 is 1.47 bits per heavy atom. The molecule has 2 amide bonds. The molecule has 0 atom stereocenters. The second kappa shape index (κ2) is 5.54. The van der Waals surface area contributed by atoms with Gasteiger partial charge in [0, 0.05) is 17.1 Å². The predicted molar refractivity (Wildman–Crippen MR) is 63.8 cm³/mol. The van der Waals surface area contributed by atoms with Crippen molar-refractivity contribution in [3.8, 4) is 5.75 Å². The molecule has 5 nitrogen and oxygen atoms in total. The topological polar surface area (TPSA) is 81.4 Å². The maximum absolute atomic E-state index is 11.0. The van der Waals surface area contributed by atoms with Crippen LogP contribution in [0.1, 0.15) is 11.1 Å². The van der Waals surface area contributed by atoms with Crippen LogP contribution in [0.15, 0.2) is 12.1 Å². The zero-order chi connectivity index (χ0) is 13.0. The molecule has 1 aromatic carbocycles. The fourth-order valence-electron chi connectivity index (χ4n) is 1.49. The largest absolute Gasteiger partial charge is 0.496 e. The van der Waals surface area contributed by atoms with Crippen molar-refractivity contribution in [1.82, 2.24) is 5.32 Å². The molecule has 0 aromatic heterocycles. The maximum atomic E-state index is 11.0. The number of hydrogen-bond acceptors (Lipinski definition) is 3. The number of amides is 2.